The molecule has 0 fully saturated rings. The van der Waals surface area contributed by atoms with Gasteiger partial charge >= 0.3 is 6.03 Å². The first-order valence-corrected chi connectivity index (χ1v) is 6.92. The minimum Gasteiger partial charge on any atom is -0.392 e. The smallest absolute Gasteiger partial charge is 0.319 e. The zero-order chi connectivity index (χ0) is 14.4. The van der Waals surface area contributed by atoms with Gasteiger partial charge in [0, 0.05) is 5.02 Å². The van der Waals surface area contributed by atoms with Gasteiger partial charge in [-0.3, -0.25) is 0 Å². The standard InChI is InChI=1S/C12H15Cl2N3OS/c1-2-3-9(11(15)19)16-12(18)17-10-6-7(13)4-5-8(10)14/h4-6,9H,2-3H2,1H3,(H2,15,19)(H2,16,17,18). The molecule has 0 saturated carbocycles. The molecule has 1 rings (SSSR count). The molecular formula is C12H15Cl2N3OS. The van der Waals surface area contributed by atoms with E-state index in [2.05, 4.69) is 10.6 Å². The number of nitrogens with one attached hydrogen (secondary N) is 2. The van der Waals surface area contributed by atoms with Gasteiger partial charge in [0.2, 0.25) is 0 Å². The number of carbonyl (C=O) groups excluding carboxylic acids is 1. The van der Waals surface area contributed by atoms with E-state index in [-0.39, 0.29) is 11.0 Å². The second-order valence-electron chi connectivity index (χ2n) is 3.97. The van der Waals surface area contributed by atoms with Gasteiger partial charge in [-0.2, -0.15) is 0 Å². The Labute approximate surface area is 127 Å². The largest absolute Gasteiger partial charge is 0.392 e. The first-order chi connectivity index (χ1) is 8.93. The van der Waals surface area contributed by atoms with Crippen molar-refractivity contribution in [1.82, 2.24) is 5.32 Å². The highest BCUT2D eigenvalue weighted by Gasteiger charge is 2.14. The summed E-state index contributed by atoms with van der Waals surface area (Å²) in [6.45, 7) is 1.98. The molecule has 1 unspecified atom stereocenters. The molecule has 2 amide bonds. The summed E-state index contributed by atoms with van der Waals surface area (Å²) in [5, 5.41) is 6.20. The number of thiocarbonyl (C=S) groups is 1. The van der Waals surface area contributed by atoms with Crippen molar-refractivity contribution in [2.24, 2.45) is 5.73 Å². The van der Waals surface area contributed by atoms with Crippen LogP contribution in [0, 0.1) is 0 Å². The van der Waals surface area contributed by atoms with Gasteiger partial charge in [0.05, 0.1) is 21.7 Å². The zero-order valence-corrected chi connectivity index (χ0v) is 12.7. The lowest BCUT2D eigenvalue weighted by molar-refractivity contribution is 0.250. The molecule has 1 aromatic carbocycles. The number of rotatable bonds is 5. The van der Waals surface area contributed by atoms with Gasteiger partial charge in [0.15, 0.2) is 0 Å². The van der Waals surface area contributed by atoms with Gasteiger partial charge in [-0.15, -0.1) is 0 Å². The molecule has 4 nitrogen and oxygen atoms in total. The summed E-state index contributed by atoms with van der Waals surface area (Å²) in [7, 11) is 0. The third-order valence-corrected chi connectivity index (χ3v) is 3.25. The fourth-order valence-electron chi connectivity index (χ4n) is 1.48. The number of anilines is 1. The van der Waals surface area contributed by atoms with Crippen LogP contribution in [-0.4, -0.2) is 17.1 Å². The van der Waals surface area contributed by atoms with Crippen LogP contribution in [0.5, 0.6) is 0 Å². The minimum absolute atomic E-state index is 0.259. The fraction of sp³-hybridized carbons (Fsp3) is 0.333. The Morgan fingerprint density at radius 1 is 1.47 bits per heavy atom. The second kappa shape index (κ2) is 7.53. The molecule has 0 aliphatic heterocycles. The monoisotopic (exact) mass is 319 g/mol. The van der Waals surface area contributed by atoms with Crippen LogP contribution in [0.2, 0.25) is 10.0 Å². The second-order valence-corrected chi connectivity index (χ2v) is 5.28. The highest BCUT2D eigenvalue weighted by molar-refractivity contribution is 7.80. The average molecular weight is 320 g/mol. The molecule has 0 heterocycles. The van der Waals surface area contributed by atoms with E-state index >= 15 is 0 Å². The van der Waals surface area contributed by atoms with E-state index in [0.29, 0.717) is 22.2 Å². The molecule has 0 bridgehead atoms. The molecule has 4 N–H and O–H groups in total. The maximum Gasteiger partial charge on any atom is 0.319 e. The number of urea groups is 1. The van der Waals surface area contributed by atoms with Crippen molar-refractivity contribution in [3.63, 3.8) is 0 Å². The van der Waals surface area contributed by atoms with Crippen molar-refractivity contribution in [3.05, 3.63) is 28.2 Å². The summed E-state index contributed by atoms with van der Waals surface area (Å²) in [5.74, 6) is 0. The van der Waals surface area contributed by atoms with Gasteiger partial charge in [-0.25, -0.2) is 4.79 Å². The number of hydrogen-bond donors (Lipinski definition) is 3. The van der Waals surface area contributed by atoms with Crippen LogP contribution in [0.1, 0.15) is 19.8 Å². The van der Waals surface area contributed by atoms with Crippen molar-refractivity contribution in [3.8, 4) is 0 Å². The molecule has 1 atom stereocenters. The molecule has 104 valence electrons. The van der Waals surface area contributed by atoms with Crippen molar-refractivity contribution in [2.45, 2.75) is 25.8 Å². The molecule has 0 aliphatic rings. The first-order valence-electron chi connectivity index (χ1n) is 5.76. The average Bonchev–Trinajstić information content (AvgIpc) is 2.33. The number of halogens is 2. The first kappa shape index (κ1) is 16.0. The molecule has 7 heteroatoms. The summed E-state index contributed by atoms with van der Waals surface area (Å²) >= 11 is 16.7. The van der Waals surface area contributed by atoms with Crippen LogP contribution in [-0.2, 0) is 0 Å². The third kappa shape index (κ3) is 5.22. The van der Waals surface area contributed by atoms with Crippen LogP contribution < -0.4 is 16.4 Å². The molecule has 0 saturated heterocycles. The Morgan fingerprint density at radius 3 is 2.74 bits per heavy atom. The van der Waals surface area contributed by atoms with Crippen molar-refractivity contribution in [1.29, 1.82) is 0 Å². The van der Waals surface area contributed by atoms with E-state index in [1.165, 1.54) is 0 Å². The maximum absolute atomic E-state index is 11.8. The van der Waals surface area contributed by atoms with E-state index in [1.54, 1.807) is 18.2 Å². The molecule has 0 aromatic heterocycles. The fourth-order valence-corrected chi connectivity index (χ4v) is 2.00. The summed E-state index contributed by atoms with van der Waals surface area (Å²) < 4.78 is 0. The van der Waals surface area contributed by atoms with Gasteiger partial charge in [0.25, 0.3) is 0 Å². The van der Waals surface area contributed by atoms with E-state index in [0.717, 1.165) is 6.42 Å². The highest BCUT2D eigenvalue weighted by Crippen LogP contribution is 2.25. The summed E-state index contributed by atoms with van der Waals surface area (Å²) in [4.78, 5) is 12.1. The molecule has 1 aromatic rings. The lowest BCUT2D eigenvalue weighted by atomic mass is 10.2. The number of nitrogens with two attached hydrogens (primary N) is 1. The predicted octanol–water partition coefficient (Wildman–Crippen LogP) is 3.57. The van der Waals surface area contributed by atoms with Gasteiger partial charge in [-0.05, 0) is 24.6 Å². The van der Waals surface area contributed by atoms with Crippen LogP contribution in [0.3, 0.4) is 0 Å². The van der Waals surface area contributed by atoms with Crippen molar-refractivity contribution >= 4 is 52.1 Å². The van der Waals surface area contributed by atoms with Crippen LogP contribution in [0.4, 0.5) is 10.5 Å². The van der Waals surface area contributed by atoms with E-state index in [4.69, 9.17) is 41.2 Å². The van der Waals surface area contributed by atoms with Crippen LogP contribution in [0.15, 0.2) is 18.2 Å². The third-order valence-electron chi connectivity index (χ3n) is 2.40. The zero-order valence-electron chi connectivity index (χ0n) is 10.4. The lowest BCUT2D eigenvalue weighted by Crippen LogP contribution is -2.45. The number of amides is 2. The van der Waals surface area contributed by atoms with Gasteiger partial charge < -0.3 is 16.4 Å². The maximum atomic E-state index is 11.8. The molecular weight excluding hydrogens is 305 g/mol. The van der Waals surface area contributed by atoms with E-state index in [1.807, 2.05) is 6.92 Å². The molecule has 0 radical (unpaired) electrons. The Hall–Kier alpha value is -1.04. The summed E-state index contributed by atoms with van der Waals surface area (Å²) in [6, 6.07) is 4.06. The number of carbonyl (C=O) groups is 1. The Balaban J connectivity index is 2.68. The predicted molar refractivity (Wildman–Crippen MR) is 84.1 cm³/mol. The lowest BCUT2D eigenvalue weighted by Gasteiger charge is -2.17. The van der Waals surface area contributed by atoms with Gasteiger partial charge in [-0.1, -0.05) is 48.8 Å². The summed E-state index contributed by atoms with van der Waals surface area (Å²) in [6.07, 6.45) is 1.55. The quantitative estimate of drug-likeness (QED) is 0.727. The Kier molecular flexibility index (Phi) is 6.34. The highest BCUT2D eigenvalue weighted by atomic mass is 35.5. The van der Waals surface area contributed by atoms with Crippen molar-refractivity contribution < 1.29 is 4.79 Å². The Bertz CT molecular complexity index is 482. The summed E-state index contributed by atoms with van der Waals surface area (Å²) in [5.41, 5.74) is 6.00. The van der Waals surface area contributed by atoms with E-state index in [9.17, 15) is 4.79 Å². The SMILES string of the molecule is CCCC(NC(=O)Nc1cc(Cl)ccc1Cl)C(N)=S. The normalized spacial score (nSPS) is 11.7. The molecule has 0 aliphatic carbocycles. The van der Waals surface area contributed by atoms with Crippen molar-refractivity contribution in [2.75, 3.05) is 5.32 Å². The van der Waals surface area contributed by atoms with Crippen LogP contribution in [0.25, 0.3) is 0 Å². The van der Waals surface area contributed by atoms with Gasteiger partial charge in [0.1, 0.15) is 0 Å². The Morgan fingerprint density at radius 2 is 2.16 bits per heavy atom. The van der Waals surface area contributed by atoms with Crippen LogP contribution >= 0.6 is 35.4 Å². The molecule has 19 heavy (non-hydrogen) atoms. The minimum atomic E-state index is -0.421. The number of hydrogen-bond acceptors (Lipinski definition) is 2. The van der Waals surface area contributed by atoms with E-state index < -0.39 is 6.03 Å². The number of benzene rings is 1. The topological polar surface area (TPSA) is 67.2 Å². The molecule has 0 spiro atoms.